The van der Waals surface area contributed by atoms with Crippen LogP contribution in [0.1, 0.15) is 45.1 Å². The van der Waals surface area contributed by atoms with Crippen LogP contribution >= 0.6 is 0 Å². The summed E-state index contributed by atoms with van der Waals surface area (Å²) in [5, 5.41) is 15.4. The van der Waals surface area contributed by atoms with Crippen molar-refractivity contribution in [2.24, 2.45) is 0 Å². The Morgan fingerprint density at radius 1 is 1.19 bits per heavy atom. The molecule has 1 aromatic heterocycles. The zero-order valence-electron chi connectivity index (χ0n) is 27.5. The highest BCUT2D eigenvalue weighted by molar-refractivity contribution is 6.04. The Bertz CT molecular complexity index is 1930. The Labute approximate surface area is 278 Å². The second-order valence-corrected chi connectivity index (χ2v) is 13.9. The fourth-order valence-electron chi connectivity index (χ4n) is 8.23. The van der Waals surface area contributed by atoms with Crippen LogP contribution in [-0.2, 0) is 4.74 Å². The minimum atomic E-state index is -0.943. The average molecular weight is 660 g/mol. The normalized spacial score (nSPS) is 25.9. The van der Waals surface area contributed by atoms with Gasteiger partial charge in [-0.1, -0.05) is 18.1 Å². The van der Waals surface area contributed by atoms with Gasteiger partial charge in [-0.25, -0.2) is 13.2 Å². The second-order valence-electron chi connectivity index (χ2n) is 13.9. The highest BCUT2D eigenvalue weighted by atomic mass is 19.1. The lowest BCUT2D eigenvalue weighted by Crippen LogP contribution is -2.63. The van der Waals surface area contributed by atoms with Crippen LogP contribution in [0.3, 0.4) is 0 Å². The summed E-state index contributed by atoms with van der Waals surface area (Å²) in [7, 11) is 1.65. The first-order valence-electron chi connectivity index (χ1n) is 16.5. The summed E-state index contributed by atoms with van der Waals surface area (Å²) < 4.78 is 59.6. The van der Waals surface area contributed by atoms with Gasteiger partial charge in [0.1, 0.15) is 35.7 Å². The molecule has 2 N–H and O–H groups in total. The van der Waals surface area contributed by atoms with Crippen LogP contribution in [0.5, 0.6) is 11.8 Å². The number of hydrogen-bond donors (Lipinski definition) is 2. The van der Waals surface area contributed by atoms with Crippen LogP contribution in [-0.4, -0.2) is 89.8 Å². The Balaban J connectivity index is 1.40. The van der Waals surface area contributed by atoms with Crippen molar-refractivity contribution in [2.75, 3.05) is 51.4 Å². The molecule has 1 unspecified atom stereocenters. The Hall–Kier alpha value is -4.11. The van der Waals surface area contributed by atoms with Crippen LogP contribution in [0.4, 0.5) is 19.0 Å². The number of aromatic hydroxyl groups is 1. The van der Waals surface area contributed by atoms with E-state index in [1.54, 1.807) is 25.3 Å². The summed E-state index contributed by atoms with van der Waals surface area (Å²) in [5.74, 6) is 1.02. The number of fused-ring (bicyclic) bond motifs is 3. The third-order valence-corrected chi connectivity index (χ3v) is 10.2. The predicted octanol–water partition coefficient (Wildman–Crippen LogP) is 5.96. The molecule has 3 aromatic carbocycles. The lowest BCUT2D eigenvalue weighted by molar-refractivity contribution is 0.107. The summed E-state index contributed by atoms with van der Waals surface area (Å²) in [6.45, 7) is 6.98. The van der Waals surface area contributed by atoms with Gasteiger partial charge in [0.15, 0.2) is 5.82 Å². The number of anilines is 1. The maximum atomic E-state index is 17.0. The molecule has 4 heterocycles. The number of nitrogens with one attached hydrogen (secondary N) is 1. The number of benzene rings is 3. The molecular weight excluding hydrogens is 619 g/mol. The predicted molar refractivity (Wildman–Crippen MR) is 180 cm³/mol. The number of aromatic nitrogens is 2. The molecule has 4 atom stereocenters. The fraction of sp³-hybridized carbons (Fsp3) is 0.459. The Morgan fingerprint density at radius 2 is 2.02 bits per heavy atom. The third kappa shape index (κ3) is 5.70. The summed E-state index contributed by atoms with van der Waals surface area (Å²) in [6, 6.07) is 9.18. The lowest BCUT2D eigenvalue weighted by atomic mass is 9.92. The molecule has 4 aromatic rings. The fourth-order valence-corrected chi connectivity index (χ4v) is 8.23. The third-order valence-electron chi connectivity index (χ3n) is 10.2. The van der Waals surface area contributed by atoms with E-state index in [0.717, 1.165) is 19.4 Å². The Morgan fingerprint density at radius 3 is 2.81 bits per heavy atom. The van der Waals surface area contributed by atoms with E-state index < -0.39 is 23.3 Å². The van der Waals surface area contributed by atoms with Crippen LogP contribution < -0.4 is 15.0 Å². The Kier molecular flexibility index (Phi) is 8.38. The number of terminal acetylenes is 1. The summed E-state index contributed by atoms with van der Waals surface area (Å²) >= 11 is 0. The number of ether oxygens (including phenoxy) is 2. The van der Waals surface area contributed by atoms with Crippen molar-refractivity contribution >= 4 is 27.5 Å². The van der Waals surface area contributed by atoms with Gasteiger partial charge in [-0.3, -0.25) is 4.90 Å². The number of alkyl halides is 1. The van der Waals surface area contributed by atoms with E-state index in [1.807, 2.05) is 4.90 Å². The zero-order valence-corrected chi connectivity index (χ0v) is 27.5. The molecule has 8 nitrogen and oxygen atoms in total. The quantitative estimate of drug-likeness (QED) is 0.224. The minimum Gasteiger partial charge on any atom is -0.508 e. The highest BCUT2D eigenvalue weighted by Crippen LogP contribution is 2.43. The second kappa shape index (κ2) is 12.4. The molecule has 48 heavy (non-hydrogen) atoms. The molecule has 252 valence electrons. The first-order chi connectivity index (χ1) is 23.0. The van der Waals surface area contributed by atoms with Crippen LogP contribution in [0.2, 0.25) is 0 Å². The van der Waals surface area contributed by atoms with Crippen molar-refractivity contribution < 1.29 is 27.8 Å². The smallest absolute Gasteiger partial charge is 0.319 e. The van der Waals surface area contributed by atoms with E-state index >= 15 is 8.78 Å². The maximum absolute atomic E-state index is 17.0. The first kappa shape index (κ1) is 32.4. The van der Waals surface area contributed by atoms with E-state index in [2.05, 4.69) is 35.0 Å². The molecular formula is C37H40F3N5O3. The maximum Gasteiger partial charge on any atom is 0.319 e. The molecule has 3 aliphatic rings. The van der Waals surface area contributed by atoms with Gasteiger partial charge in [0.2, 0.25) is 0 Å². The monoisotopic (exact) mass is 659 g/mol. The molecule has 0 radical (unpaired) electrons. The van der Waals surface area contributed by atoms with Gasteiger partial charge >= 0.3 is 6.01 Å². The van der Waals surface area contributed by atoms with Gasteiger partial charge in [0.25, 0.3) is 0 Å². The standard InChI is InChI=1S/C37H40F3N5O3/c1-5-23-8-6-9-24-14-26(46)15-27(30(23)24)31-29(39)16-28-33(32(31)40)41-35(48-21-37-10-7-12-45(37)19-25(38)17-37)42-34(28)44-18-22(2)43-36(3,20-44)11-13-47-4/h1,6,8-9,14-16,22,25,43,46H,7,10-13,17-21H2,2-4H3/t22?,25-,36+,37+/m1/s1. The van der Waals surface area contributed by atoms with Gasteiger partial charge < -0.3 is 24.8 Å². The largest absolute Gasteiger partial charge is 0.508 e. The summed E-state index contributed by atoms with van der Waals surface area (Å²) in [6.07, 6.45) is 7.64. The minimum absolute atomic E-state index is 0.0238. The van der Waals surface area contributed by atoms with Crippen molar-refractivity contribution in [3.63, 3.8) is 0 Å². The molecule has 0 spiro atoms. The molecule has 11 heteroatoms. The lowest BCUT2D eigenvalue weighted by Gasteiger charge is -2.45. The first-order valence-corrected chi connectivity index (χ1v) is 16.5. The van der Waals surface area contributed by atoms with Gasteiger partial charge in [0, 0.05) is 73.3 Å². The molecule has 7 rings (SSSR count). The van der Waals surface area contributed by atoms with Crippen molar-refractivity contribution in [1.29, 1.82) is 0 Å². The molecule has 0 amide bonds. The molecule has 0 bridgehead atoms. The number of nitrogens with zero attached hydrogens (tertiary/aromatic N) is 4. The number of phenolic OH excluding ortho intramolecular Hbond substituents is 1. The molecule has 3 fully saturated rings. The average Bonchev–Trinajstić information content (AvgIpc) is 3.57. The number of piperazine rings is 1. The van der Waals surface area contributed by atoms with Gasteiger partial charge in [-0.05, 0) is 69.3 Å². The summed E-state index contributed by atoms with van der Waals surface area (Å²) in [4.78, 5) is 13.5. The van der Waals surface area contributed by atoms with Crippen molar-refractivity contribution in [1.82, 2.24) is 20.2 Å². The number of phenols is 1. The topological polar surface area (TPSA) is 83.0 Å². The molecule has 0 saturated carbocycles. The van der Waals surface area contributed by atoms with E-state index in [4.69, 9.17) is 20.9 Å². The highest BCUT2D eigenvalue weighted by Gasteiger charge is 2.49. The van der Waals surface area contributed by atoms with E-state index in [1.165, 1.54) is 18.2 Å². The molecule has 3 saturated heterocycles. The number of rotatable bonds is 8. The number of hydrogen-bond acceptors (Lipinski definition) is 8. The van der Waals surface area contributed by atoms with Gasteiger partial charge in [0.05, 0.1) is 11.1 Å². The van der Waals surface area contributed by atoms with Crippen molar-refractivity contribution in [3.05, 3.63) is 53.6 Å². The number of halogens is 3. The van der Waals surface area contributed by atoms with E-state index in [-0.39, 0.29) is 52.0 Å². The van der Waals surface area contributed by atoms with E-state index in [9.17, 15) is 9.50 Å². The van der Waals surface area contributed by atoms with Gasteiger partial charge in [-0.2, -0.15) is 9.97 Å². The van der Waals surface area contributed by atoms with Crippen LogP contribution in [0.25, 0.3) is 32.8 Å². The van der Waals surface area contributed by atoms with Gasteiger partial charge in [-0.15, -0.1) is 6.42 Å². The SMILES string of the molecule is C#Cc1cccc2cc(O)cc(-c3c(F)cc4c(N5CC(C)N[C@@](C)(CCOC)C5)nc(OC[C@@]56CCCN5C[C@H](F)C6)nc4c3F)c12. The molecule has 3 aliphatic heterocycles. The molecule has 0 aliphatic carbocycles. The summed E-state index contributed by atoms with van der Waals surface area (Å²) in [5.41, 5.74) is -0.793. The van der Waals surface area contributed by atoms with Crippen molar-refractivity contribution in [3.8, 4) is 35.2 Å². The van der Waals surface area contributed by atoms with Crippen LogP contribution in [0.15, 0.2) is 36.4 Å². The van der Waals surface area contributed by atoms with E-state index in [0.29, 0.717) is 61.2 Å². The number of methoxy groups -OCH3 is 1. The van der Waals surface area contributed by atoms with Crippen molar-refractivity contribution in [2.45, 2.75) is 62.8 Å². The van der Waals surface area contributed by atoms with Crippen LogP contribution in [0, 0.1) is 24.0 Å². The zero-order chi connectivity index (χ0) is 33.8.